The molecule has 0 spiro atoms. The number of aryl methyl sites for hydroxylation is 1. The van der Waals surface area contributed by atoms with E-state index >= 15 is 0 Å². The third-order valence-corrected chi connectivity index (χ3v) is 5.76. The first-order valence-corrected chi connectivity index (χ1v) is 10.5. The van der Waals surface area contributed by atoms with Crippen molar-refractivity contribution in [3.05, 3.63) is 59.7 Å². The number of carbonyl (C=O) groups excluding carboxylic acids is 1. The van der Waals surface area contributed by atoms with Crippen LogP contribution in [0, 0.1) is 6.92 Å². The Morgan fingerprint density at radius 3 is 2.70 bits per heavy atom. The summed E-state index contributed by atoms with van der Waals surface area (Å²) in [6.45, 7) is 3.99. The van der Waals surface area contributed by atoms with Gasteiger partial charge in [-0.1, -0.05) is 44.0 Å². The number of amidine groups is 1. The van der Waals surface area contributed by atoms with Gasteiger partial charge >= 0.3 is 0 Å². The number of sulfonamides is 1. The molecule has 1 amide bonds. The number of unbranched alkanes of at least 4 members (excludes halogenated alkanes) is 1. The number of hydrogen-bond acceptors (Lipinski definition) is 4. The molecule has 27 heavy (non-hydrogen) atoms. The molecule has 7 heteroatoms. The number of nitrogens with zero attached hydrogens (tertiary/aromatic N) is 1. The predicted octanol–water partition coefficient (Wildman–Crippen LogP) is 3.23. The fourth-order valence-electron chi connectivity index (χ4n) is 2.99. The average Bonchev–Trinajstić information content (AvgIpc) is 2.89. The highest BCUT2D eigenvalue weighted by Gasteiger charge is 2.31. The van der Waals surface area contributed by atoms with Crippen molar-refractivity contribution in [2.45, 2.75) is 44.0 Å². The fourth-order valence-corrected chi connectivity index (χ4v) is 4.22. The lowest BCUT2D eigenvalue weighted by molar-refractivity contribution is -0.117. The summed E-state index contributed by atoms with van der Waals surface area (Å²) in [4.78, 5) is 17.5. The first kappa shape index (κ1) is 19.1. The van der Waals surface area contributed by atoms with E-state index in [2.05, 4.69) is 15.0 Å². The largest absolute Gasteiger partial charge is 0.324 e. The molecular formula is C20H23N3O3S. The molecular weight excluding hydrogens is 362 g/mol. The van der Waals surface area contributed by atoms with Crippen LogP contribution >= 0.6 is 0 Å². The number of anilines is 1. The summed E-state index contributed by atoms with van der Waals surface area (Å²) in [6, 6.07) is 13.5. The molecule has 3 rings (SSSR count). The Bertz CT molecular complexity index is 983. The van der Waals surface area contributed by atoms with Crippen LogP contribution in [-0.2, 0) is 14.8 Å². The van der Waals surface area contributed by atoms with Gasteiger partial charge in [-0.3, -0.25) is 14.5 Å². The zero-order valence-corrected chi connectivity index (χ0v) is 16.2. The van der Waals surface area contributed by atoms with E-state index in [0.29, 0.717) is 17.7 Å². The monoisotopic (exact) mass is 385 g/mol. The van der Waals surface area contributed by atoms with Crippen LogP contribution in [0.1, 0.15) is 37.3 Å². The second kappa shape index (κ2) is 7.92. The highest BCUT2D eigenvalue weighted by Crippen LogP contribution is 2.23. The van der Waals surface area contributed by atoms with E-state index in [1.165, 1.54) is 6.07 Å². The lowest BCUT2D eigenvalue weighted by Gasteiger charge is -2.14. The Labute approximate surface area is 159 Å². The van der Waals surface area contributed by atoms with E-state index < -0.39 is 16.1 Å². The zero-order chi connectivity index (χ0) is 19.4. The van der Waals surface area contributed by atoms with Gasteiger partial charge in [0.25, 0.3) is 10.0 Å². The molecule has 0 saturated carbocycles. The van der Waals surface area contributed by atoms with Crippen LogP contribution in [0.2, 0.25) is 0 Å². The first-order chi connectivity index (χ1) is 12.9. The molecule has 0 fully saturated rings. The van der Waals surface area contributed by atoms with Gasteiger partial charge in [0, 0.05) is 11.3 Å². The minimum absolute atomic E-state index is 0.192. The molecule has 1 aliphatic heterocycles. The van der Waals surface area contributed by atoms with Crippen molar-refractivity contribution in [1.29, 1.82) is 0 Å². The number of benzene rings is 2. The predicted molar refractivity (Wildman–Crippen MR) is 106 cm³/mol. The molecule has 1 aliphatic rings. The van der Waals surface area contributed by atoms with Crippen LogP contribution in [0.4, 0.5) is 5.69 Å². The van der Waals surface area contributed by atoms with Crippen molar-refractivity contribution in [3.8, 4) is 0 Å². The van der Waals surface area contributed by atoms with E-state index in [4.69, 9.17) is 0 Å². The fraction of sp³-hybridized carbons (Fsp3) is 0.300. The maximum absolute atomic E-state index is 12.8. The number of hydrogen-bond donors (Lipinski definition) is 2. The molecule has 0 aromatic heterocycles. The number of nitrogens with one attached hydrogen (secondary N) is 2. The molecule has 2 N–H and O–H groups in total. The Morgan fingerprint density at radius 2 is 1.96 bits per heavy atom. The summed E-state index contributed by atoms with van der Waals surface area (Å²) >= 11 is 0. The molecule has 1 atom stereocenters. The van der Waals surface area contributed by atoms with E-state index in [-0.39, 0.29) is 16.6 Å². The van der Waals surface area contributed by atoms with E-state index in [0.717, 1.165) is 18.4 Å². The van der Waals surface area contributed by atoms with Crippen LogP contribution in [-0.4, -0.2) is 26.2 Å². The zero-order valence-electron chi connectivity index (χ0n) is 15.4. The van der Waals surface area contributed by atoms with Crippen LogP contribution in [0.15, 0.2) is 58.4 Å². The van der Waals surface area contributed by atoms with Crippen LogP contribution < -0.4 is 10.0 Å². The highest BCUT2D eigenvalue weighted by atomic mass is 32.2. The normalized spacial score (nSPS) is 17.2. The summed E-state index contributed by atoms with van der Waals surface area (Å²) in [5, 5.41) is 2.89. The van der Waals surface area contributed by atoms with Crippen molar-refractivity contribution in [1.82, 2.24) is 4.72 Å². The van der Waals surface area contributed by atoms with Crippen molar-refractivity contribution >= 4 is 27.5 Å². The molecule has 2 aromatic rings. The van der Waals surface area contributed by atoms with Crippen molar-refractivity contribution < 1.29 is 13.2 Å². The van der Waals surface area contributed by atoms with Gasteiger partial charge in [-0.2, -0.15) is 0 Å². The maximum atomic E-state index is 12.8. The minimum atomic E-state index is -3.62. The van der Waals surface area contributed by atoms with Gasteiger partial charge in [-0.25, -0.2) is 8.42 Å². The summed E-state index contributed by atoms with van der Waals surface area (Å²) in [5.41, 5.74) is 2.25. The van der Waals surface area contributed by atoms with E-state index in [1.54, 1.807) is 18.2 Å². The highest BCUT2D eigenvalue weighted by molar-refractivity contribution is 7.90. The molecule has 0 saturated heterocycles. The molecule has 2 aromatic carbocycles. The Hall–Kier alpha value is -2.67. The van der Waals surface area contributed by atoms with Crippen LogP contribution in [0.3, 0.4) is 0 Å². The smallest absolute Gasteiger partial charge is 0.263 e. The molecule has 0 radical (unpaired) electrons. The number of carbonyl (C=O) groups is 1. The molecule has 1 heterocycles. The molecule has 142 valence electrons. The van der Waals surface area contributed by atoms with Gasteiger partial charge in [0.05, 0.1) is 4.90 Å². The van der Waals surface area contributed by atoms with Crippen LogP contribution in [0.5, 0.6) is 0 Å². The molecule has 0 bridgehead atoms. The molecule has 6 nitrogen and oxygen atoms in total. The van der Waals surface area contributed by atoms with Gasteiger partial charge in [0.1, 0.15) is 11.9 Å². The SMILES string of the molecule is CCCCC(N=C1NS(=O)(=O)c2ccccc21)C(=O)Nc1cccc(C)c1. The van der Waals surface area contributed by atoms with Crippen molar-refractivity contribution in [3.63, 3.8) is 0 Å². The third-order valence-electron chi connectivity index (χ3n) is 4.37. The van der Waals surface area contributed by atoms with Crippen LogP contribution in [0.25, 0.3) is 0 Å². The summed E-state index contributed by atoms with van der Waals surface area (Å²) in [7, 11) is -3.62. The first-order valence-electron chi connectivity index (χ1n) is 8.98. The lowest BCUT2D eigenvalue weighted by atomic mass is 10.1. The third kappa shape index (κ3) is 4.36. The second-order valence-electron chi connectivity index (χ2n) is 6.60. The number of fused-ring (bicyclic) bond motifs is 1. The quantitative estimate of drug-likeness (QED) is 0.800. The maximum Gasteiger partial charge on any atom is 0.263 e. The summed E-state index contributed by atoms with van der Waals surface area (Å²) in [6.07, 6.45) is 2.28. The Morgan fingerprint density at radius 1 is 1.19 bits per heavy atom. The summed E-state index contributed by atoms with van der Waals surface area (Å²) in [5.74, 6) is -0.0174. The van der Waals surface area contributed by atoms with E-state index in [9.17, 15) is 13.2 Å². The van der Waals surface area contributed by atoms with Gasteiger partial charge < -0.3 is 5.32 Å². The van der Waals surface area contributed by atoms with Gasteiger partial charge in [-0.05, 0) is 43.2 Å². The standard InChI is InChI=1S/C20H23N3O3S/c1-3-4-11-17(20(24)21-15-9-7-8-14(2)13-15)22-19-16-10-5-6-12-18(16)27(25,26)23-19/h5-10,12-13,17H,3-4,11H2,1-2H3,(H,21,24)(H,22,23). The molecule has 1 unspecified atom stereocenters. The van der Waals surface area contributed by atoms with Gasteiger partial charge in [0.15, 0.2) is 0 Å². The Kier molecular flexibility index (Phi) is 5.60. The minimum Gasteiger partial charge on any atom is -0.324 e. The number of rotatable bonds is 6. The second-order valence-corrected chi connectivity index (χ2v) is 8.25. The summed E-state index contributed by atoms with van der Waals surface area (Å²) < 4.78 is 27.0. The number of aliphatic imine (C=N–C) groups is 1. The van der Waals surface area contributed by atoms with Crippen molar-refractivity contribution in [2.75, 3.05) is 5.32 Å². The van der Waals surface area contributed by atoms with E-state index in [1.807, 2.05) is 38.1 Å². The van der Waals surface area contributed by atoms with Gasteiger partial charge in [-0.15, -0.1) is 0 Å². The molecule has 0 aliphatic carbocycles. The topological polar surface area (TPSA) is 87.6 Å². The number of amides is 1. The van der Waals surface area contributed by atoms with Gasteiger partial charge in [0.2, 0.25) is 5.91 Å². The Balaban J connectivity index is 1.89. The lowest BCUT2D eigenvalue weighted by Crippen LogP contribution is -2.30. The van der Waals surface area contributed by atoms with Crippen molar-refractivity contribution in [2.24, 2.45) is 4.99 Å². The average molecular weight is 385 g/mol.